The Kier molecular flexibility index (Phi) is 4.43. The summed E-state index contributed by atoms with van der Waals surface area (Å²) in [5, 5.41) is 6.95. The number of nitrogens with zero attached hydrogens (tertiary/aromatic N) is 2. The summed E-state index contributed by atoms with van der Waals surface area (Å²) in [6.07, 6.45) is 0. The number of benzene rings is 2. The molecule has 0 fully saturated rings. The fourth-order valence-corrected chi connectivity index (χ4v) is 2.81. The van der Waals surface area contributed by atoms with Crippen molar-refractivity contribution in [2.24, 2.45) is 0 Å². The third-order valence-corrected chi connectivity index (χ3v) is 4.18. The van der Waals surface area contributed by atoms with Gasteiger partial charge in [0.05, 0.1) is 6.04 Å². The van der Waals surface area contributed by atoms with Gasteiger partial charge in [-0.2, -0.15) is 0 Å². The van der Waals surface area contributed by atoms with Crippen LogP contribution < -0.4 is 5.32 Å². The molecular formula is C17H14FN3OS. The summed E-state index contributed by atoms with van der Waals surface area (Å²) in [6.45, 7) is 1.85. The first-order valence-electron chi connectivity index (χ1n) is 7.09. The van der Waals surface area contributed by atoms with E-state index in [0.717, 1.165) is 22.7 Å². The number of amides is 1. The Balaban J connectivity index is 1.79. The van der Waals surface area contributed by atoms with Crippen LogP contribution >= 0.6 is 11.5 Å². The molecular weight excluding hydrogens is 313 g/mol. The number of aromatic nitrogens is 2. The van der Waals surface area contributed by atoms with Crippen molar-refractivity contribution < 1.29 is 9.18 Å². The minimum absolute atomic E-state index is 0.240. The summed E-state index contributed by atoms with van der Waals surface area (Å²) in [4.78, 5) is 13.0. The average Bonchev–Trinajstić information content (AvgIpc) is 3.06. The lowest BCUT2D eigenvalue weighted by Crippen LogP contribution is -2.26. The normalized spacial score (nSPS) is 11.9. The molecule has 0 aliphatic heterocycles. The van der Waals surface area contributed by atoms with Crippen LogP contribution in [0.1, 0.15) is 28.2 Å². The Labute approximate surface area is 137 Å². The maximum absolute atomic E-state index is 13.0. The van der Waals surface area contributed by atoms with E-state index in [4.69, 9.17) is 0 Å². The summed E-state index contributed by atoms with van der Waals surface area (Å²) in [5.41, 5.74) is 2.25. The molecule has 0 aliphatic rings. The number of carbonyl (C=O) groups excluding carboxylic acids is 1. The highest BCUT2D eigenvalue weighted by Gasteiger charge is 2.19. The molecule has 1 N–H and O–H groups in total. The van der Waals surface area contributed by atoms with E-state index in [1.807, 2.05) is 37.3 Å². The predicted octanol–water partition coefficient (Wildman–Crippen LogP) is 3.84. The van der Waals surface area contributed by atoms with Crippen LogP contribution in [0.3, 0.4) is 0 Å². The van der Waals surface area contributed by atoms with Crippen LogP contribution in [-0.4, -0.2) is 15.5 Å². The third-order valence-electron chi connectivity index (χ3n) is 3.46. The van der Waals surface area contributed by atoms with Gasteiger partial charge in [0.2, 0.25) is 0 Å². The second kappa shape index (κ2) is 6.66. The molecule has 1 atom stereocenters. The van der Waals surface area contributed by atoms with Crippen molar-refractivity contribution >= 4 is 17.4 Å². The Morgan fingerprint density at radius 2 is 1.83 bits per heavy atom. The smallest absolute Gasteiger partial charge is 0.265 e. The molecule has 3 aromatic rings. The van der Waals surface area contributed by atoms with E-state index in [-0.39, 0.29) is 17.8 Å². The van der Waals surface area contributed by atoms with E-state index >= 15 is 0 Å². The van der Waals surface area contributed by atoms with Gasteiger partial charge in [-0.05, 0) is 36.2 Å². The second-order valence-electron chi connectivity index (χ2n) is 5.06. The topological polar surface area (TPSA) is 54.9 Å². The zero-order chi connectivity index (χ0) is 16.2. The van der Waals surface area contributed by atoms with Crippen LogP contribution in [0.5, 0.6) is 0 Å². The van der Waals surface area contributed by atoms with E-state index in [2.05, 4.69) is 14.9 Å². The van der Waals surface area contributed by atoms with Crippen molar-refractivity contribution in [3.05, 3.63) is 70.9 Å². The zero-order valence-corrected chi connectivity index (χ0v) is 13.2. The zero-order valence-electron chi connectivity index (χ0n) is 12.4. The van der Waals surface area contributed by atoms with Gasteiger partial charge in [0.1, 0.15) is 16.4 Å². The predicted molar refractivity (Wildman–Crippen MR) is 87.6 cm³/mol. The van der Waals surface area contributed by atoms with Gasteiger partial charge in [0.15, 0.2) is 0 Å². The van der Waals surface area contributed by atoms with Crippen LogP contribution in [-0.2, 0) is 0 Å². The lowest BCUT2D eigenvalue weighted by molar-refractivity contribution is 0.0944. The number of halogens is 1. The van der Waals surface area contributed by atoms with Gasteiger partial charge in [-0.3, -0.25) is 4.79 Å². The summed E-state index contributed by atoms with van der Waals surface area (Å²) in [6, 6.07) is 15.3. The quantitative estimate of drug-likeness (QED) is 0.792. The fourth-order valence-electron chi connectivity index (χ4n) is 2.22. The Morgan fingerprint density at radius 3 is 2.52 bits per heavy atom. The molecule has 0 bridgehead atoms. The molecule has 1 amide bonds. The van der Waals surface area contributed by atoms with Crippen LogP contribution in [0.25, 0.3) is 11.3 Å². The first kappa shape index (κ1) is 15.3. The van der Waals surface area contributed by atoms with Crippen molar-refractivity contribution in [3.63, 3.8) is 0 Å². The third kappa shape index (κ3) is 3.43. The van der Waals surface area contributed by atoms with E-state index in [1.54, 1.807) is 12.1 Å². The summed E-state index contributed by atoms with van der Waals surface area (Å²) >= 11 is 1.06. The largest absolute Gasteiger partial charge is 0.345 e. The molecule has 116 valence electrons. The van der Waals surface area contributed by atoms with Gasteiger partial charge < -0.3 is 5.32 Å². The van der Waals surface area contributed by atoms with E-state index in [0.29, 0.717) is 10.6 Å². The number of hydrogen-bond donors (Lipinski definition) is 1. The first-order valence-corrected chi connectivity index (χ1v) is 7.86. The molecule has 4 nitrogen and oxygen atoms in total. The Morgan fingerprint density at radius 1 is 1.13 bits per heavy atom. The van der Waals surface area contributed by atoms with Gasteiger partial charge in [0.25, 0.3) is 5.91 Å². The van der Waals surface area contributed by atoms with Crippen molar-refractivity contribution in [3.8, 4) is 11.3 Å². The van der Waals surface area contributed by atoms with Crippen molar-refractivity contribution in [1.82, 2.24) is 14.9 Å². The molecule has 1 unspecified atom stereocenters. The number of carbonyl (C=O) groups is 1. The van der Waals surface area contributed by atoms with Gasteiger partial charge >= 0.3 is 0 Å². The minimum atomic E-state index is -0.301. The molecule has 1 heterocycles. The number of nitrogens with one attached hydrogen (secondary N) is 1. The molecule has 6 heteroatoms. The highest BCUT2D eigenvalue weighted by Crippen LogP contribution is 2.24. The maximum atomic E-state index is 13.0. The van der Waals surface area contributed by atoms with Crippen LogP contribution in [0.15, 0.2) is 54.6 Å². The van der Waals surface area contributed by atoms with Gasteiger partial charge in [-0.15, -0.1) is 5.10 Å². The van der Waals surface area contributed by atoms with Gasteiger partial charge in [0, 0.05) is 5.56 Å². The summed E-state index contributed by atoms with van der Waals surface area (Å²) in [5.74, 6) is -0.541. The lowest BCUT2D eigenvalue weighted by atomic mass is 10.1. The van der Waals surface area contributed by atoms with Crippen molar-refractivity contribution in [1.29, 1.82) is 0 Å². The fraction of sp³-hybridized carbons (Fsp3) is 0.118. The SMILES string of the molecule is CC(NC(=O)c1snnc1-c1ccccc1)c1ccc(F)cc1. The van der Waals surface area contributed by atoms with Crippen LogP contribution in [0.4, 0.5) is 4.39 Å². The van der Waals surface area contributed by atoms with Crippen molar-refractivity contribution in [2.75, 3.05) is 0 Å². The van der Waals surface area contributed by atoms with Gasteiger partial charge in [-0.25, -0.2) is 4.39 Å². The maximum Gasteiger partial charge on any atom is 0.265 e. The molecule has 0 spiro atoms. The highest BCUT2D eigenvalue weighted by atomic mass is 32.1. The van der Waals surface area contributed by atoms with Crippen LogP contribution in [0.2, 0.25) is 0 Å². The molecule has 0 radical (unpaired) electrons. The molecule has 0 saturated heterocycles. The molecule has 0 saturated carbocycles. The highest BCUT2D eigenvalue weighted by molar-refractivity contribution is 7.08. The first-order chi connectivity index (χ1) is 11.1. The van der Waals surface area contributed by atoms with E-state index < -0.39 is 0 Å². The number of rotatable bonds is 4. The molecule has 3 rings (SSSR count). The average molecular weight is 327 g/mol. The molecule has 23 heavy (non-hydrogen) atoms. The van der Waals surface area contributed by atoms with Crippen molar-refractivity contribution in [2.45, 2.75) is 13.0 Å². The van der Waals surface area contributed by atoms with Crippen LogP contribution in [0, 0.1) is 5.82 Å². The molecule has 2 aromatic carbocycles. The Hall–Kier alpha value is -2.60. The molecule has 0 aliphatic carbocycles. The minimum Gasteiger partial charge on any atom is -0.345 e. The summed E-state index contributed by atoms with van der Waals surface area (Å²) in [7, 11) is 0. The van der Waals surface area contributed by atoms with E-state index in [1.165, 1.54) is 12.1 Å². The van der Waals surface area contributed by atoms with E-state index in [9.17, 15) is 9.18 Å². The molecule has 1 aromatic heterocycles. The van der Waals surface area contributed by atoms with Gasteiger partial charge in [-0.1, -0.05) is 47.0 Å². The number of hydrogen-bond acceptors (Lipinski definition) is 4. The second-order valence-corrected chi connectivity index (χ2v) is 5.82. The summed E-state index contributed by atoms with van der Waals surface area (Å²) < 4.78 is 16.9. The standard InChI is InChI=1S/C17H14FN3OS/c1-11(12-7-9-14(18)10-8-12)19-17(22)16-15(20-21-23-16)13-5-3-2-4-6-13/h2-11H,1H3,(H,19,22). The lowest BCUT2D eigenvalue weighted by Gasteiger charge is -2.13. The Bertz CT molecular complexity index is 802. The monoisotopic (exact) mass is 327 g/mol.